The van der Waals surface area contributed by atoms with Gasteiger partial charge in [0.2, 0.25) is 10.0 Å². The first-order valence-corrected chi connectivity index (χ1v) is 8.38. The van der Waals surface area contributed by atoms with Crippen LogP contribution >= 0.6 is 0 Å². The lowest BCUT2D eigenvalue weighted by atomic mass is 10.0. The SMILES string of the molecule is Cc1ccc(S(=O)(=O)N2[C@H](C)CC[C@@H]2C(C)C)cc1. The van der Waals surface area contributed by atoms with E-state index in [1.807, 2.05) is 26.0 Å². The van der Waals surface area contributed by atoms with Gasteiger partial charge in [-0.3, -0.25) is 0 Å². The molecule has 19 heavy (non-hydrogen) atoms. The minimum absolute atomic E-state index is 0.0960. The molecular weight excluding hydrogens is 258 g/mol. The first kappa shape index (κ1) is 14.5. The normalized spacial score (nSPS) is 25.1. The number of rotatable bonds is 3. The van der Waals surface area contributed by atoms with Gasteiger partial charge in [0.15, 0.2) is 0 Å². The Hall–Kier alpha value is -0.870. The molecule has 0 aliphatic carbocycles. The van der Waals surface area contributed by atoms with Crippen LogP contribution in [0.2, 0.25) is 0 Å². The van der Waals surface area contributed by atoms with Crippen molar-refractivity contribution >= 4 is 10.0 Å². The molecule has 0 N–H and O–H groups in total. The topological polar surface area (TPSA) is 37.4 Å². The molecule has 1 aliphatic rings. The summed E-state index contributed by atoms with van der Waals surface area (Å²) >= 11 is 0. The summed E-state index contributed by atoms with van der Waals surface area (Å²) in [5.41, 5.74) is 1.08. The zero-order valence-electron chi connectivity index (χ0n) is 12.1. The van der Waals surface area contributed by atoms with E-state index in [1.54, 1.807) is 16.4 Å². The van der Waals surface area contributed by atoms with Crippen molar-refractivity contribution in [1.82, 2.24) is 4.31 Å². The highest BCUT2D eigenvalue weighted by molar-refractivity contribution is 7.89. The molecule has 0 saturated carbocycles. The molecule has 0 unspecified atom stereocenters. The van der Waals surface area contributed by atoms with Crippen molar-refractivity contribution < 1.29 is 8.42 Å². The van der Waals surface area contributed by atoms with Crippen molar-refractivity contribution in [2.45, 2.75) is 57.5 Å². The van der Waals surface area contributed by atoms with Gasteiger partial charge in [-0.05, 0) is 44.7 Å². The van der Waals surface area contributed by atoms with Crippen molar-refractivity contribution in [1.29, 1.82) is 0 Å². The molecule has 3 nitrogen and oxygen atoms in total. The van der Waals surface area contributed by atoms with Crippen molar-refractivity contribution in [2.24, 2.45) is 5.92 Å². The minimum atomic E-state index is -3.37. The van der Waals surface area contributed by atoms with Crippen molar-refractivity contribution in [2.75, 3.05) is 0 Å². The number of sulfonamides is 1. The van der Waals surface area contributed by atoms with E-state index in [1.165, 1.54) is 0 Å². The van der Waals surface area contributed by atoms with Gasteiger partial charge >= 0.3 is 0 Å². The highest BCUT2D eigenvalue weighted by Crippen LogP contribution is 2.34. The maximum Gasteiger partial charge on any atom is 0.243 e. The number of benzene rings is 1. The first-order chi connectivity index (χ1) is 8.84. The molecule has 0 aromatic heterocycles. The van der Waals surface area contributed by atoms with Gasteiger partial charge in [0, 0.05) is 12.1 Å². The maximum absolute atomic E-state index is 12.8. The standard InChI is InChI=1S/C15H23NO2S/c1-11(2)15-10-7-13(4)16(15)19(17,18)14-8-5-12(3)6-9-14/h5-6,8-9,11,13,15H,7,10H2,1-4H3/t13-,15-/m1/s1. The predicted molar refractivity (Wildman–Crippen MR) is 77.5 cm³/mol. The van der Waals surface area contributed by atoms with Crippen LogP contribution in [0.4, 0.5) is 0 Å². The van der Waals surface area contributed by atoms with Crippen LogP contribution in [-0.4, -0.2) is 24.8 Å². The Balaban J connectivity index is 2.40. The van der Waals surface area contributed by atoms with E-state index in [4.69, 9.17) is 0 Å². The number of hydrogen-bond donors (Lipinski definition) is 0. The number of nitrogens with zero attached hydrogens (tertiary/aromatic N) is 1. The summed E-state index contributed by atoms with van der Waals surface area (Å²) in [5.74, 6) is 0.352. The summed E-state index contributed by atoms with van der Waals surface area (Å²) in [6.45, 7) is 8.17. The summed E-state index contributed by atoms with van der Waals surface area (Å²) in [6.07, 6.45) is 1.91. The Bertz CT molecular complexity index is 534. The molecule has 2 rings (SSSR count). The zero-order valence-corrected chi connectivity index (χ0v) is 12.9. The molecule has 2 atom stereocenters. The molecule has 0 radical (unpaired) electrons. The molecule has 4 heteroatoms. The van der Waals surface area contributed by atoms with Gasteiger partial charge in [-0.15, -0.1) is 0 Å². The Kier molecular flexibility index (Phi) is 4.02. The Morgan fingerprint density at radius 3 is 2.26 bits per heavy atom. The molecule has 1 aliphatic heterocycles. The Morgan fingerprint density at radius 2 is 1.74 bits per heavy atom. The van der Waals surface area contributed by atoms with Crippen LogP contribution in [0.15, 0.2) is 29.2 Å². The lowest BCUT2D eigenvalue weighted by molar-refractivity contribution is 0.279. The summed E-state index contributed by atoms with van der Waals surface area (Å²) < 4.78 is 27.3. The summed E-state index contributed by atoms with van der Waals surface area (Å²) in [6, 6.07) is 7.37. The van der Waals surface area contributed by atoms with E-state index >= 15 is 0 Å². The molecule has 1 saturated heterocycles. The van der Waals surface area contributed by atoms with Crippen LogP contribution in [0.3, 0.4) is 0 Å². The molecule has 106 valence electrons. The fourth-order valence-electron chi connectivity index (χ4n) is 2.87. The molecule has 1 heterocycles. The van der Waals surface area contributed by atoms with Gasteiger partial charge in [0.05, 0.1) is 4.90 Å². The largest absolute Gasteiger partial charge is 0.243 e. The van der Waals surface area contributed by atoms with Crippen LogP contribution < -0.4 is 0 Å². The highest BCUT2D eigenvalue weighted by atomic mass is 32.2. The van der Waals surface area contributed by atoms with E-state index < -0.39 is 10.0 Å². The van der Waals surface area contributed by atoms with E-state index in [9.17, 15) is 8.42 Å². The van der Waals surface area contributed by atoms with Crippen molar-refractivity contribution in [3.05, 3.63) is 29.8 Å². The quantitative estimate of drug-likeness (QED) is 0.853. The Morgan fingerprint density at radius 1 is 1.16 bits per heavy atom. The molecule has 0 bridgehead atoms. The molecule has 1 aromatic rings. The summed E-state index contributed by atoms with van der Waals surface area (Å²) in [7, 11) is -3.37. The van der Waals surface area contributed by atoms with Gasteiger partial charge in [-0.1, -0.05) is 31.5 Å². The van der Waals surface area contributed by atoms with E-state index in [0.29, 0.717) is 10.8 Å². The van der Waals surface area contributed by atoms with E-state index in [2.05, 4.69) is 13.8 Å². The third-order valence-electron chi connectivity index (χ3n) is 4.01. The van der Waals surface area contributed by atoms with Gasteiger partial charge in [0.25, 0.3) is 0 Å². The number of hydrogen-bond acceptors (Lipinski definition) is 2. The van der Waals surface area contributed by atoms with Gasteiger partial charge in [-0.2, -0.15) is 4.31 Å². The van der Waals surface area contributed by atoms with Crippen LogP contribution in [-0.2, 0) is 10.0 Å². The molecular formula is C15H23NO2S. The lowest BCUT2D eigenvalue weighted by Gasteiger charge is -2.30. The van der Waals surface area contributed by atoms with Crippen LogP contribution in [0, 0.1) is 12.8 Å². The smallest absolute Gasteiger partial charge is 0.207 e. The summed E-state index contributed by atoms with van der Waals surface area (Å²) in [4.78, 5) is 0.414. The van der Waals surface area contributed by atoms with Crippen LogP contribution in [0.1, 0.15) is 39.2 Å². The minimum Gasteiger partial charge on any atom is -0.207 e. The maximum atomic E-state index is 12.8. The zero-order chi connectivity index (χ0) is 14.2. The third-order valence-corrected chi connectivity index (χ3v) is 6.06. The van der Waals surface area contributed by atoms with Crippen molar-refractivity contribution in [3.63, 3.8) is 0 Å². The fourth-order valence-corrected chi connectivity index (χ4v) is 4.88. The molecule has 1 aromatic carbocycles. The number of aryl methyl sites for hydroxylation is 1. The highest BCUT2D eigenvalue weighted by Gasteiger charge is 2.41. The van der Waals surface area contributed by atoms with Crippen LogP contribution in [0.5, 0.6) is 0 Å². The summed E-state index contributed by atoms with van der Waals surface area (Å²) in [5, 5.41) is 0. The first-order valence-electron chi connectivity index (χ1n) is 6.94. The van der Waals surface area contributed by atoms with Gasteiger partial charge in [0.1, 0.15) is 0 Å². The third kappa shape index (κ3) is 2.70. The fraction of sp³-hybridized carbons (Fsp3) is 0.600. The van der Waals surface area contributed by atoms with E-state index in [-0.39, 0.29) is 12.1 Å². The predicted octanol–water partition coefficient (Wildman–Crippen LogP) is 3.19. The second-order valence-electron chi connectivity index (χ2n) is 5.89. The van der Waals surface area contributed by atoms with Gasteiger partial charge < -0.3 is 0 Å². The second kappa shape index (κ2) is 5.25. The molecule has 1 fully saturated rings. The Labute approximate surface area is 116 Å². The van der Waals surface area contributed by atoms with E-state index in [0.717, 1.165) is 18.4 Å². The second-order valence-corrected chi connectivity index (χ2v) is 7.73. The average molecular weight is 281 g/mol. The monoisotopic (exact) mass is 281 g/mol. The van der Waals surface area contributed by atoms with Gasteiger partial charge in [-0.25, -0.2) is 8.42 Å². The molecule has 0 amide bonds. The molecule has 0 spiro atoms. The average Bonchev–Trinajstić information content (AvgIpc) is 2.72. The van der Waals surface area contributed by atoms with Crippen molar-refractivity contribution in [3.8, 4) is 0 Å². The van der Waals surface area contributed by atoms with Crippen LogP contribution in [0.25, 0.3) is 0 Å². The lowest BCUT2D eigenvalue weighted by Crippen LogP contribution is -2.42.